The van der Waals surface area contributed by atoms with Crippen molar-refractivity contribution in [1.82, 2.24) is 10.3 Å². The maximum absolute atomic E-state index is 12.2. The second-order valence-electron chi connectivity index (χ2n) is 7.05. The number of carbonyl (C=O) groups excluding carboxylic acids is 1. The van der Waals surface area contributed by atoms with E-state index in [2.05, 4.69) is 40.6 Å². The Morgan fingerprint density at radius 2 is 1.86 bits per heavy atom. The molecule has 5 rings (SSSR count). The van der Waals surface area contributed by atoms with Crippen molar-refractivity contribution < 1.29 is 4.79 Å². The second-order valence-corrected chi connectivity index (χ2v) is 7.05. The summed E-state index contributed by atoms with van der Waals surface area (Å²) in [6, 6.07) is 14.5. The third-order valence-corrected chi connectivity index (χ3v) is 5.32. The molecule has 22 heavy (non-hydrogen) atoms. The van der Waals surface area contributed by atoms with Gasteiger partial charge in [0.2, 0.25) is 0 Å². The highest BCUT2D eigenvalue weighted by atomic mass is 16.1. The molecule has 3 aliphatic carbocycles. The van der Waals surface area contributed by atoms with E-state index in [1.54, 1.807) is 6.20 Å². The lowest BCUT2D eigenvalue weighted by atomic mass is 9.33. The quantitative estimate of drug-likeness (QED) is 0.940. The number of rotatable bonds is 4. The summed E-state index contributed by atoms with van der Waals surface area (Å²) in [5.41, 5.74) is 3.78. The third kappa shape index (κ3) is 2.04. The molecular formula is C19H20N2O. The van der Waals surface area contributed by atoms with Crippen LogP contribution in [0.25, 0.3) is 0 Å². The number of benzene rings is 1. The molecule has 112 valence electrons. The molecule has 3 fully saturated rings. The molecule has 0 unspecified atom stereocenters. The molecule has 3 saturated carbocycles. The van der Waals surface area contributed by atoms with Crippen LogP contribution in [0.3, 0.4) is 0 Å². The van der Waals surface area contributed by atoms with Gasteiger partial charge in [-0.25, -0.2) is 0 Å². The fourth-order valence-electron chi connectivity index (χ4n) is 4.26. The molecule has 3 aliphatic rings. The standard InChI is InChI=1S/C19H20N2O/c1-14-7-8-15(9-20-14)17(22)21-13-18-10-19(11-18,12-18)16-5-3-2-4-6-16/h2-9H,10-13H2,1H3,(H,21,22). The molecule has 1 aromatic carbocycles. The van der Waals surface area contributed by atoms with E-state index in [1.807, 2.05) is 19.1 Å². The van der Waals surface area contributed by atoms with Gasteiger partial charge in [-0.1, -0.05) is 30.3 Å². The predicted molar refractivity (Wildman–Crippen MR) is 85.7 cm³/mol. The highest BCUT2D eigenvalue weighted by Gasteiger charge is 2.67. The van der Waals surface area contributed by atoms with Crippen LogP contribution in [0.5, 0.6) is 0 Å². The van der Waals surface area contributed by atoms with Crippen molar-refractivity contribution >= 4 is 5.91 Å². The summed E-state index contributed by atoms with van der Waals surface area (Å²) in [5.74, 6) is -0.00835. The van der Waals surface area contributed by atoms with Gasteiger partial charge in [0.1, 0.15) is 0 Å². The Kier molecular flexibility index (Phi) is 2.86. The smallest absolute Gasteiger partial charge is 0.252 e. The lowest BCUT2D eigenvalue weighted by Gasteiger charge is -2.71. The van der Waals surface area contributed by atoms with Gasteiger partial charge < -0.3 is 5.32 Å². The average molecular weight is 292 g/mol. The van der Waals surface area contributed by atoms with Crippen LogP contribution in [0.1, 0.15) is 40.9 Å². The first-order valence-corrected chi connectivity index (χ1v) is 7.87. The molecule has 1 amide bonds. The Bertz CT molecular complexity index is 686. The summed E-state index contributed by atoms with van der Waals surface area (Å²) in [6.45, 7) is 2.71. The van der Waals surface area contributed by atoms with E-state index in [9.17, 15) is 4.79 Å². The maximum Gasteiger partial charge on any atom is 0.252 e. The van der Waals surface area contributed by atoms with Crippen molar-refractivity contribution in [3.63, 3.8) is 0 Å². The van der Waals surface area contributed by atoms with Gasteiger partial charge in [0, 0.05) is 18.4 Å². The zero-order valence-electron chi connectivity index (χ0n) is 12.8. The van der Waals surface area contributed by atoms with E-state index in [1.165, 1.54) is 24.8 Å². The van der Waals surface area contributed by atoms with E-state index >= 15 is 0 Å². The Balaban J connectivity index is 1.34. The van der Waals surface area contributed by atoms with Gasteiger partial charge in [0.15, 0.2) is 0 Å². The summed E-state index contributed by atoms with van der Waals surface area (Å²) < 4.78 is 0. The van der Waals surface area contributed by atoms with Crippen molar-refractivity contribution in [2.75, 3.05) is 6.54 Å². The first-order valence-electron chi connectivity index (χ1n) is 7.87. The molecule has 0 atom stereocenters. The van der Waals surface area contributed by atoms with Crippen molar-refractivity contribution in [1.29, 1.82) is 0 Å². The van der Waals surface area contributed by atoms with Gasteiger partial charge in [-0.05, 0) is 54.7 Å². The van der Waals surface area contributed by atoms with Crippen LogP contribution < -0.4 is 5.32 Å². The largest absolute Gasteiger partial charge is 0.351 e. The minimum Gasteiger partial charge on any atom is -0.351 e. The van der Waals surface area contributed by atoms with Crippen molar-refractivity contribution in [2.45, 2.75) is 31.6 Å². The summed E-state index contributed by atoms with van der Waals surface area (Å²) in [4.78, 5) is 16.3. The van der Waals surface area contributed by atoms with Gasteiger partial charge in [-0.2, -0.15) is 0 Å². The topological polar surface area (TPSA) is 42.0 Å². The van der Waals surface area contributed by atoms with E-state index in [4.69, 9.17) is 0 Å². The molecule has 0 saturated heterocycles. The Labute approximate surface area is 130 Å². The summed E-state index contributed by atoms with van der Waals surface area (Å²) in [5, 5.41) is 3.09. The molecule has 2 bridgehead atoms. The number of nitrogens with zero attached hydrogens (tertiary/aromatic N) is 1. The van der Waals surface area contributed by atoms with Gasteiger partial charge in [-0.3, -0.25) is 9.78 Å². The molecule has 2 aromatic rings. The van der Waals surface area contributed by atoms with E-state index in [0.29, 0.717) is 16.4 Å². The average Bonchev–Trinajstić information content (AvgIpc) is 2.46. The molecule has 3 heteroatoms. The summed E-state index contributed by atoms with van der Waals surface area (Å²) in [6.07, 6.45) is 5.27. The van der Waals surface area contributed by atoms with Crippen LogP contribution in [0.15, 0.2) is 48.7 Å². The number of amides is 1. The summed E-state index contributed by atoms with van der Waals surface area (Å²) in [7, 11) is 0. The molecule has 1 N–H and O–H groups in total. The monoisotopic (exact) mass is 292 g/mol. The Hall–Kier alpha value is -2.16. The molecule has 1 heterocycles. The molecule has 0 spiro atoms. The van der Waals surface area contributed by atoms with Crippen LogP contribution in [0.2, 0.25) is 0 Å². The molecule has 0 radical (unpaired) electrons. The van der Waals surface area contributed by atoms with Crippen LogP contribution in [0, 0.1) is 12.3 Å². The minimum absolute atomic E-state index is 0.00835. The van der Waals surface area contributed by atoms with Crippen LogP contribution in [0.4, 0.5) is 0 Å². The van der Waals surface area contributed by atoms with Crippen molar-refractivity contribution in [3.8, 4) is 0 Å². The van der Waals surface area contributed by atoms with E-state index in [-0.39, 0.29) is 5.91 Å². The Morgan fingerprint density at radius 1 is 1.14 bits per heavy atom. The highest BCUT2D eigenvalue weighted by molar-refractivity contribution is 5.93. The number of carbonyl (C=O) groups is 1. The van der Waals surface area contributed by atoms with Crippen molar-refractivity contribution in [3.05, 3.63) is 65.5 Å². The van der Waals surface area contributed by atoms with Gasteiger partial charge >= 0.3 is 0 Å². The third-order valence-electron chi connectivity index (χ3n) is 5.32. The number of hydrogen-bond acceptors (Lipinski definition) is 2. The number of aryl methyl sites for hydroxylation is 1. The normalized spacial score (nSPS) is 28.4. The SMILES string of the molecule is Cc1ccc(C(=O)NCC23CC(c4ccccc4)(C2)C3)cn1. The van der Waals surface area contributed by atoms with Gasteiger partial charge in [0.25, 0.3) is 5.91 Å². The first kappa shape index (κ1) is 13.5. The summed E-state index contributed by atoms with van der Waals surface area (Å²) >= 11 is 0. The zero-order valence-corrected chi connectivity index (χ0v) is 12.8. The second kappa shape index (κ2) is 4.67. The molecular weight excluding hydrogens is 272 g/mol. The minimum atomic E-state index is -0.00835. The van der Waals surface area contributed by atoms with Crippen molar-refractivity contribution in [2.24, 2.45) is 5.41 Å². The lowest BCUT2D eigenvalue weighted by Crippen LogP contribution is -2.68. The number of hydrogen-bond donors (Lipinski definition) is 1. The van der Waals surface area contributed by atoms with Crippen LogP contribution in [-0.4, -0.2) is 17.4 Å². The van der Waals surface area contributed by atoms with Crippen LogP contribution in [-0.2, 0) is 5.41 Å². The van der Waals surface area contributed by atoms with Gasteiger partial charge in [-0.15, -0.1) is 0 Å². The molecule has 3 nitrogen and oxygen atoms in total. The van der Waals surface area contributed by atoms with Crippen LogP contribution >= 0.6 is 0 Å². The van der Waals surface area contributed by atoms with Gasteiger partial charge in [0.05, 0.1) is 5.56 Å². The Morgan fingerprint density at radius 3 is 2.50 bits per heavy atom. The fraction of sp³-hybridized carbons (Fsp3) is 0.368. The predicted octanol–water partition coefficient (Wildman–Crippen LogP) is 3.24. The lowest BCUT2D eigenvalue weighted by molar-refractivity contribution is -0.136. The number of nitrogens with one attached hydrogen (secondary N) is 1. The van der Waals surface area contributed by atoms with E-state index < -0.39 is 0 Å². The number of aromatic nitrogens is 1. The molecule has 0 aliphatic heterocycles. The number of pyridine rings is 1. The fourth-order valence-corrected chi connectivity index (χ4v) is 4.26. The molecule has 1 aromatic heterocycles. The highest BCUT2D eigenvalue weighted by Crippen LogP contribution is 2.73. The van der Waals surface area contributed by atoms with E-state index in [0.717, 1.165) is 12.2 Å². The maximum atomic E-state index is 12.2. The first-order chi connectivity index (χ1) is 10.6. The zero-order chi connectivity index (χ0) is 15.2.